The van der Waals surface area contributed by atoms with E-state index < -0.39 is 0 Å². The fraction of sp³-hybridized carbons (Fsp3) is 0.533. The van der Waals surface area contributed by atoms with E-state index in [1.54, 1.807) is 18.2 Å². The SMILES string of the molecule is C[C@@H]1CN2CCC[C@@H]2CN1C(=O)Nc1ccc(Cl)cc1Cl. The van der Waals surface area contributed by atoms with Crippen LogP contribution >= 0.6 is 23.2 Å². The molecule has 2 aliphatic heterocycles. The summed E-state index contributed by atoms with van der Waals surface area (Å²) in [5, 5.41) is 3.92. The molecule has 2 fully saturated rings. The largest absolute Gasteiger partial charge is 0.322 e. The van der Waals surface area contributed by atoms with Gasteiger partial charge in [0.15, 0.2) is 0 Å². The van der Waals surface area contributed by atoms with E-state index in [1.807, 2.05) is 4.90 Å². The lowest BCUT2D eigenvalue weighted by Gasteiger charge is -2.42. The first-order valence-electron chi connectivity index (χ1n) is 7.31. The summed E-state index contributed by atoms with van der Waals surface area (Å²) < 4.78 is 0. The summed E-state index contributed by atoms with van der Waals surface area (Å²) in [5.74, 6) is 0. The van der Waals surface area contributed by atoms with E-state index in [0.29, 0.717) is 21.8 Å². The molecule has 1 aromatic carbocycles. The predicted octanol–water partition coefficient (Wildman–Crippen LogP) is 3.69. The molecule has 0 unspecified atom stereocenters. The summed E-state index contributed by atoms with van der Waals surface area (Å²) in [5.41, 5.74) is 0.604. The molecule has 2 atom stereocenters. The molecule has 2 saturated heterocycles. The van der Waals surface area contributed by atoms with E-state index in [9.17, 15) is 4.79 Å². The van der Waals surface area contributed by atoms with Crippen molar-refractivity contribution in [2.75, 3.05) is 25.0 Å². The minimum atomic E-state index is -0.0849. The number of fused-ring (bicyclic) bond motifs is 1. The molecule has 1 aromatic rings. The first-order chi connectivity index (χ1) is 10.0. The number of piperazine rings is 1. The van der Waals surface area contributed by atoms with Gasteiger partial charge in [0, 0.05) is 30.2 Å². The summed E-state index contributed by atoms with van der Waals surface area (Å²) in [4.78, 5) is 16.9. The molecule has 0 radical (unpaired) electrons. The molecule has 0 aromatic heterocycles. The van der Waals surface area contributed by atoms with Crippen LogP contribution < -0.4 is 5.32 Å². The van der Waals surface area contributed by atoms with Gasteiger partial charge in [0.2, 0.25) is 0 Å². The van der Waals surface area contributed by atoms with Crippen molar-refractivity contribution in [3.8, 4) is 0 Å². The van der Waals surface area contributed by atoms with Gasteiger partial charge in [-0.05, 0) is 44.5 Å². The van der Waals surface area contributed by atoms with Gasteiger partial charge in [-0.3, -0.25) is 4.90 Å². The van der Waals surface area contributed by atoms with Crippen LogP contribution in [0.3, 0.4) is 0 Å². The number of nitrogens with one attached hydrogen (secondary N) is 1. The normalized spacial score (nSPS) is 25.8. The zero-order valence-electron chi connectivity index (χ0n) is 12.0. The number of halogens is 2. The van der Waals surface area contributed by atoms with Gasteiger partial charge in [0.1, 0.15) is 0 Å². The second-order valence-electron chi connectivity index (χ2n) is 5.85. The molecule has 0 aliphatic carbocycles. The molecule has 2 aliphatic rings. The average Bonchev–Trinajstić information content (AvgIpc) is 2.88. The summed E-state index contributed by atoms with van der Waals surface area (Å²) >= 11 is 12.0. The highest BCUT2D eigenvalue weighted by Crippen LogP contribution is 2.28. The standard InChI is InChI=1S/C15H19Cl2N3O/c1-10-8-19-6-2-3-12(19)9-20(10)15(21)18-14-5-4-11(16)7-13(14)17/h4-5,7,10,12H,2-3,6,8-9H2,1H3,(H,18,21)/t10-,12-/m1/s1. The number of nitrogens with zero attached hydrogens (tertiary/aromatic N) is 2. The lowest BCUT2D eigenvalue weighted by Crippen LogP contribution is -2.57. The van der Waals surface area contributed by atoms with Gasteiger partial charge >= 0.3 is 6.03 Å². The highest BCUT2D eigenvalue weighted by Gasteiger charge is 2.36. The Balaban J connectivity index is 1.69. The summed E-state index contributed by atoms with van der Waals surface area (Å²) in [6, 6.07) is 5.73. The second-order valence-corrected chi connectivity index (χ2v) is 6.69. The topological polar surface area (TPSA) is 35.6 Å². The number of amides is 2. The van der Waals surface area contributed by atoms with E-state index >= 15 is 0 Å². The Bertz CT molecular complexity index is 552. The van der Waals surface area contributed by atoms with Crippen LogP contribution in [-0.4, -0.2) is 47.5 Å². The van der Waals surface area contributed by atoms with Gasteiger partial charge in [-0.1, -0.05) is 23.2 Å². The molecule has 0 bridgehead atoms. The smallest absolute Gasteiger partial charge is 0.319 e. The van der Waals surface area contributed by atoms with Gasteiger partial charge in [-0.25, -0.2) is 4.79 Å². The Labute approximate surface area is 135 Å². The Hall–Kier alpha value is -0.970. The predicted molar refractivity (Wildman–Crippen MR) is 86.2 cm³/mol. The number of rotatable bonds is 1. The van der Waals surface area contributed by atoms with Crippen molar-refractivity contribution in [1.29, 1.82) is 0 Å². The summed E-state index contributed by atoms with van der Waals surface area (Å²) in [7, 11) is 0. The third kappa shape index (κ3) is 3.12. The zero-order valence-corrected chi connectivity index (χ0v) is 13.5. The van der Waals surface area contributed by atoms with Crippen LogP contribution in [0.25, 0.3) is 0 Å². The van der Waals surface area contributed by atoms with Crippen LogP contribution in [0.4, 0.5) is 10.5 Å². The first-order valence-corrected chi connectivity index (χ1v) is 8.07. The van der Waals surface area contributed by atoms with Crippen LogP contribution in [0.5, 0.6) is 0 Å². The van der Waals surface area contributed by atoms with Gasteiger partial charge in [-0.2, -0.15) is 0 Å². The minimum Gasteiger partial charge on any atom is -0.319 e. The molecule has 6 heteroatoms. The zero-order chi connectivity index (χ0) is 15.0. The van der Waals surface area contributed by atoms with Gasteiger partial charge in [-0.15, -0.1) is 0 Å². The van der Waals surface area contributed by atoms with Gasteiger partial charge in [0.25, 0.3) is 0 Å². The molecule has 0 saturated carbocycles. The number of hydrogen-bond acceptors (Lipinski definition) is 2. The van der Waals surface area contributed by atoms with Crippen molar-refractivity contribution in [3.63, 3.8) is 0 Å². The van der Waals surface area contributed by atoms with Crippen molar-refractivity contribution < 1.29 is 4.79 Å². The molecule has 2 heterocycles. The number of anilines is 1. The second kappa shape index (κ2) is 6.03. The molecule has 21 heavy (non-hydrogen) atoms. The Morgan fingerprint density at radius 3 is 2.90 bits per heavy atom. The van der Waals surface area contributed by atoms with Crippen LogP contribution in [0.2, 0.25) is 10.0 Å². The number of urea groups is 1. The molecule has 4 nitrogen and oxygen atoms in total. The highest BCUT2D eigenvalue weighted by atomic mass is 35.5. The number of carbonyl (C=O) groups excluding carboxylic acids is 1. The molecule has 1 N–H and O–H groups in total. The Kier molecular flexibility index (Phi) is 4.29. The fourth-order valence-corrected chi connectivity index (χ4v) is 3.70. The van der Waals surface area contributed by atoms with Crippen LogP contribution in [0.1, 0.15) is 19.8 Å². The molecule has 3 rings (SSSR count). The maximum Gasteiger partial charge on any atom is 0.322 e. The molecule has 114 valence electrons. The quantitative estimate of drug-likeness (QED) is 0.853. The van der Waals surface area contributed by atoms with Gasteiger partial charge in [0.05, 0.1) is 10.7 Å². The lowest BCUT2D eigenvalue weighted by molar-refractivity contribution is 0.0861. The molecule has 2 amide bonds. The summed E-state index contributed by atoms with van der Waals surface area (Å²) in [6.07, 6.45) is 2.41. The van der Waals surface area contributed by atoms with Gasteiger partial charge < -0.3 is 10.2 Å². The van der Waals surface area contributed by atoms with Crippen LogP contribution in [0.15, 0.2) is 18.2 Å². The van der Waals surface area contributed by atoms with Crippen LogP contribution in [0, 0.1) is 0 Å². The minimum absolute atomic E-state index is 0.0849. The number of carbonyl (C=O) groups is 1. The van der Waals surface area contributed by atoms with E-state index in [-0.39, 0.29) is 12.1 Å². The van der Waals surface area contributed by atoms with Crippen LogP contribution in [-0.2, 0) is 0 Å². The van der Waals surface area contributed by atoms with E-state index in [2.05, 4.69) is 17.1 Å². The maximum atomic E-state index is 12.5. The molecular weight excluding hydrogens is 309 g/mol. The van der Waals surface area contributed by atoms with Crippen molar-refractivity contribution in [1.82, 2.24) is 9.80 Å². The first kappa shape index (κ1) is 14.9. The molecular formula is C15H19Cl2N3O. The van der Waals surface area contributed by atoms with E-state index in [1.165, 1.54) is 12.8 Å². The maximum absolute atomic E-state index is 12.5. The fourth-order valence-electron chi connectivity index (χ4n) is 3.25. The third-order valence-electron chi connectivity index (χ3n) is 4.37. The monoisotopic (exact) mass is 327 g/mol. The lowest BCUT2D eigenvalue weighted by atomic mass is 10.1. The number of hydrogen-bond donors (Lipinski definition) is 1. The average molecular weight is 328 g/mol. The third-order valence-corrected chi connectivity index (χ3v) is 4.92. The van der Waals surface area contributed by atoms with E-state index in [4.69, 9.17) is 23.2 Å². The van der Waals surface area contributed by atoms with E-state index in [0.717, 1.165) is 19.6 Å². The number of benzene rings is 1. The molecule has 0 spiro atoms. The van der Waals surface area contributed by atoms with Crippen molar-refractivity contribution in [3.05, 3.63) is 28.2 Å². The Morgan fingerprint density at radius 2 is 2.14 bits per heavy atom. The van der Waals surface area contributed by atoms with Crippen molar-refractivity contribution >= 4 is 34.9 Å². The Morgan fingerprint density at radius 1 is 1.33 bits per heavy atom. The van der Waals surface area contributed by atoms with Crippen molar-refractivity contribution in [2.24, 2.45) is 0 Å². The summed E-state index contributed by atoms with van der Waals surface area (Å²) in [6.45, 7) is 5.00. The highest BCUT2D eigenvalue weighted by molar-refractivity contribution is 6.36. The van der Waals surface area contributed by atoms with Crippen molar-refractivity contribution in [2.45, 2.75) is 31.8 Å².